The molecule has 0 radical (unpaired) electrons. The molecule has 0 fully saturated rings. The Bertz CT molecular complexity index is 662. The number of nitrogens with one attached hydrogen (secondary N) is 2. The fourth-order valence-electron chi connectivity index (χ4n) is 2.07. The maximum atomic E-state index is 13.4. The summed E-state index contributed by atoms with van der Waals surface area (Å²) in [6.45, 7) is 0.267. The van der Waals surface area contributed by atoms with Crippen LogP contribution in [-0.2, 0) is 11.2 Å². The van der Waals surface area contributed by atoms with Crippen LogP contribution < -0.4 is 10.6 Å². The Hall–Kier alpha value is -2.50. The Morgan fingerprint density at radius 2 is 1.70 bits per heavy atom. The first-order valence-corrected chi connectivity index (χ1v) is 7.26. The highest BCUT2D eigenvalue weighted by Gasteiger charge is 2.13. The molecule has 0 spiro atoms. The van der Waals surface area contributed by atoms with Gasteiger partial charge in [-0.1, -0.05) is 30.3 Å². The lowest BCUT2D eigenvalue weighted by Gasteiger charge is -2.09. The Morgan fingerprint density at radius 1 is 0.957 bits per heavy atom. The maximum Gasteiger partial charge on any atom is 0.239 e. The van der Waals surface area contributed by atoms with Crippen molar-refractivity contribution < 1.29 is 18.0 Å². The fraction of sp³-hybridized carbons (Fsp3) is 0.235. The molecule has 0 bridgehead atoms. The summed E-state index contributed by atoms with van der Waals surface area (Å²) in [6.07, 6.45) is 1.61. The molecule has 0 aliphatic rings. The molecule has 2 aromatic rings. The average molecular weight is 322 g/mol. The number of anilines is 1. The van der Waals surface area contributed by atoms with E-state index in [0.717, 1.165) is 25.0 Å². The van der Waals surface area contributed by atoms with Crippen LogP contribution in [0.5, 0.6) is 0 Å². The number of carbonyl (C=O) groups is 1. The Balaban J connectivity index is 1.70. The quantitative estimate of drug-likeness (QED) is 0.607. The first-order valence-electron chi connectivity index (χ1n) is 7.26. The van der Waals surface area contributed by atoms with Gasteiger partial charge in [0.2, 0.25) is 5.91 Å². The van der Waals surface area contributed by atoms with Crippen LogP contribution in [0.4, 0.5) is 18.9 Å². The smallest absolute Gasteiger partial charge is 0.239 e. The number of halogens is 3. The zero-order chi connectivity index (χ0) is 16.7. The minimum atomic E-state index is -1.56. The Morgan fingerprint density at radius 3 is 2.43 bits per heavy atom. The Labute approximate surface area is 132 Å². The van der Waals surface area contributed by atoms with Crippen molar-refractivity contribution in [1.82, 2.24) is 5.32 Å². The molecule has 2 rings (SSSR count). The number of amides is 1. The second-order valence-electron chi connectivity index (χ2n) is 5.02. The van der Waals surface area contributed by atoms with Crippen LogP contribution in [-0.4, -0.2) is 19.0 Å². The van der Waals surface area contributed by atoms with Gasteiger partial charge in [0, 0.05) is 6.54 Å². The lowest BCUT2D eigenvalue weighted by Crippen LogP contribution is -2.31. The third kappa shape index (κ3) is 5.02. The van der Waals surface area contributed by atoms with Crippen LogP contribution in [0, 0.1) is 17.5 Å². The molecule has 0 unspecified atom stereocenters. The summed E-state index contributed by atoms with van der Waals surface area (Å²) in [7, 11) is 0. The number of hydrogen-bond donors (Lipinski definition) is 2. The van der Waals surface area contributed by atoms with E-state index in [-0.39, 0.29) is 18.1 Å². The monoisotopic (exact) mass is 322 g/mol. The van der Waals surface area contributed by atoms with Crippen LogP contribution in [0.15, 0.2) is 42.5 Å². The van der Waals surface area contributed by atoms with Gasteiger partial charge >= 0.3 is 0 Å². The summed E-state index contributed by atoms with van der Waals surface area (Å²) in [5.41, 5.74) is 0.937. The molecular formula is C17H17F3N2O. The molecule has 0 heterocycles. The van der Waals surface area contributed by atoms with Crippen molar-refractivity contribution in [2.45, 2.75) is 12.8 Å². The topological polar surface area (TPSA) is 41.1 Å². The molecule has 23 heavy (non-hydrogen) atoms. The molecule has 0 aromatic heterocycles. The van der Waals surface area contributed by atoms with Gasteiger partial charge in [0.15, 0.2) is 17.5 Å². The van der Waals surface area contributed by atoms with Gasteiger partial charge in [0.05, 0.1) is 12.2 Å². The largest absolute Gasteiger partial charge is 0.374 e. The second kappa shape index (κ2) is 8.22. The van der Waals surface area contributed by atoms with Crippen LogP contribution in [0.25, 0.3) is 0 Å². The summed E-state index contributed by atoms with van der Waals surface area (Å²) < 4.78 is 39.2. The fourth-order valence-corrected chi connectivity index (χ4v) is 2.07. The van der Waals surface area contributed by atoms with E-state index in [1.54, 1.807) is 0 Å². The SMILES string of the molecule is O=C(CNc1ccc(F)c(F)c1F)NCCCc1ccccc1. The normalized spacial score (nSPS) is 10.4. The van der Waals surface area contributed by atoms with Crippen molar-refractivity contribution in [2.75, 3.05) is 18.4 Å². The van der Waals surface area contributed by atoms with Gasteiger partial charge in [-0.25, -0.2) is 13.2 Å². The molecule has 1 amide bonds. The first kappa shape index (κ1) is 16.9. The van der Waals surface area contributed by atoms with E-state index >= 15 is 0 Å². The summed E-state index contributed by atoms with van der Waals surface area (Å²) in [4.78, 5) is 11.6. The summed E-state index contributed by atoms with van der Waals surface area (Å²) in [5, 5.41) is 5.12. The summed E-state index contributed by atoms with van der Waals surface area (Å²) in [6, 6.07) is 11.7. The van der Waals surface area contributed by atoms with Gasteiger partial charge < -0.3 is 10.6 Å². The van der Waals surface area contributed by atoms with E-state index in [1.165, 1.54) is 5.56 Å². The van der Waals surface area contributed by atoms with Gasteiger partial charge in [0.25, 0.3) is 0 Å². The van der Waals surface area contributed by atoms with Crippen LogP contribution >= 0.6 is 0 Å². The van der Waals surface area contributed by atoms with Crippen molar-refractivity contribution in [3.63, 3.8) is 0 Å². The molecule has 2 aromatic carbocycles. The van der Waals surface area contributed by atoms with Crippen LogP contribution in [0.2, 0.25) is 0 Å². The summed E-state index contributed by atoms with van der Waals surface area (Å²) in [5.74, 6) is -4.50. The highest BCUT2D eigenvalue weighted by molar-refractivity contribution is 5.80. The number of hydrogen-bond acceptors (Lipinski definition) is 2. The third-order valence-corrected chi connectivity index (χ3v) is 3.28. The van der Waals surface area contributed by atoms with E-state index in [9.17, 15) is 18.0 Å². The van der Waals surface area contributed by atoms with Gasteiger partial charge in [-0.3, -0.25) is 4.79 Å². The molecule has 0 aliphatic heterocycles. The van der Waals surface area contributed by atoms with Crippen molar-refractivity contribution in [3.8, 4) is 0 Å². The number of carbonyl (C=O) groups excluding carboxylic acids is 1. The number of benzene rings is 2. The average Bonchev–Trinajstić information content (AvgIpc) is 2.57. The summed E-state index contributed by atoms with van der Waals surface area (Å²) >= 11 is 0. The molecule has 0 aliphatic carbocycles. The standard InChI is InChI=1S/C17H17F3N2O/c18-13-8-9-14(17(20)16(13)19)22-11-15(23)21-10-4-7-12-5-2-1-3-6-12/h1-3,5-6,8-9,22H,4,7,10-11H2,(H,21,23). The van der Waals surface area contributed by atoms with E-state index in [0.29, 0.717) is 6.54 Å². The molecule has 2 N–H and O–H groups in total. The lowest BCUT2D eigenvalue weighted by atomic mass is 10.1. The van der Waals surface area contributed by atoms with Gasteiger partial charge in [-0.2, -0.15) is 0 Å². The highest BCUT2D eigenvalue weighted by Crippen LogP contribution is 2.19. The molecule has 0 saturated carbocycles. The third-order valence-electron chi connectivity index (χ3n) is 3.28. The van der Waals surface area contributed by atoms with Crippen molar-refractivity contribution in [2.24, 2.45) is 0 Å². The first-order chi connectivity index (χ1) is 11.1. The van der Waals surface area contributed by atoms with Gasteiger partial charge in [0.1, 0.15) is 0 Å². The number of rotatable bonds is 7. The molecule has 0 atom stereocenters. The Kier molecular flexibility index (Phi) is 6.02. The molecular weight excluding hydrogens is 305 g/mol. The number of aryl methyl sites for hydroxylation is 1. The lowest BCUT2D eigenvalue weighted by molar-refractivity contribution is -0.119. The van der Waals surface area contributed by atoms with E-state index in [4.69, 9.17) is 0 Å². The highest BCUT2D eigenvalue weighted by atomic mass is 19.2. The molecule has 3 nitrogen and oxygen atoms in total. The van der Waals surface area contributed by atoms with Gasteiger partial charge in [-0.05, 0) is 30.5 Å². The van der Waals surface area contributed by atoms with E-state index in [1.807, 2.05) is 30.3 Å². The second-order valence-corrected chi connectivity index (χ2v) is 5.02. The maximum absolute atomic E-state index is 13.4. The molecule has 6 heteroatoms. The predicted octanol–water partition coefficient (Wildman–Crippen LogP) is 3.26. The van der Waals surface area contributed by atoms with Crippen LogP contribution in [0.1, 0.15) is 12.0 Å². The van der Waals surface area contributed by atoms with Gasteiger partial charge in [-0.15, -0.1) is 0 Å². The molecule has 0 saturated heterocycles. The van der Waals surface area contributed by atoms with Crippen molar-refractivity contribution >= 4 is 11.6 Å². The van der Waals surface area contributed by atoms with E-state index in [2.05, 4.69) is 10.6 Å². The molecule has 122 valence electrons. The van der Waals surface area contributed by atoms with Crippen molar-refractivity contribution in [3.05, 3.63) is 65.5 Å². The zero-order valence-electron chi connectivity index (χ0n) is 12.4. The minimum Gasteiger partial charge on any atom is -0.374 e. The van der Waals surface area contributed by atoms with Crippen molar-refractivity contribution in [1.29, 1.82) is 0 Å². The predicted molar refractivity (Wildman–Crippen MR) is 82.6 cm³/mol. The zero-order valence-corrected chi connectivity index (χ0v) is 12.4. The van der Waals surface area contributed by atoms with E-state index < -0.39 is 17.5 Å². The van der Waals surface area contributed by atoms with Crippen LogP contribution in [0.3, 0.4) is 0 Å². The minimum absolute atomic E-state index is 0.215.